The lowest BCUT2D eigenvalue weighted by Gasteiger charge is -2.08. The summed E-state index contributed by atoms with van der Waals surface area (Å²) in [6, 6.07) is 0. The predicted molar refractivity (Wildman–Crippen MR) is 80.7 cm³/mol. The molecule has 0 aromatic heterocycles. The molecule has 0 aromatic rings. The first-order valence-electron chi connectivity index (χ1n) is 6.33. The van der Waals surface area contributed by atoms with Crippen LogP contribution in [-0.4, -0.2) is 0 Å². The van der Waals surface area contributed by atoms with Crippen LogP contribution in [0, 0.1) is 5.92 Å². The molecule has 0 N–H and O–H groups in total. The fraction of sp³-hybridized carbons (Fsp3) is 0.600. The van der Waals surface area contributed by atoms with Gasteiger partial charge in [0.1, 0.15) is 0 Å². The zero-order valence-electron chi connectivity index (χ0n) is 11.5. The van der Waals surface area contributed by atoms with Crippen molar-refractivity contribution in [2.75, 3.05) is 0 Å². The van der Waals surface area contributed by atoms with Crippen LogP contribution in [0.5, 0.6) is 0 Å². The summed E-state index contributed by atoms with van der Waals surface area (Å²) in [5.74, 6) is 0.855. The van der Waals surface area contributed by atoms with Crippen molar-refractivity contribution in [2.24, 2.45) is 5.92 Å². The highest BCUT2D eigenvalue weighted by Crippen LogP contribution is 2.24. The van der Waals surface area contributed by atoms with E-state index in [1.165, 1.54) is 24.2 Å². The van der Waals surface area contributed by atoms with Crippen molar-refractivity contribution in [1.29, 1.82) is 0 Å². The van der Waals surface area contributed by atoms with Gasteiger partial charge < -0.3 is 0 Å². The molecule has 0 bridgehead atoms. The van der Waals surface area contributed by atoms with E-state index in [1.807, 2.05) is 25.3 Å². The van der Waals surface area contributed by atoms with Gasteiger partial charge in [-0.05, 0) is 29.1 Å². The van der Waals surface area contributed by atoms with Gasteiger partial charge in [0.15, 0.2) is 0 Å². The molecule has 0 spiro atoms. The molecule has 0 aliphatic carbocycles. The minimum Gasteiger partial charge on any atom is -0.103 e. The van der Waals surface area contributed by atoms with Crippen molar-refractivity contribution in [1.82, 2.24) is 0 Å². The summed E-state index contributed by atoms with van der Waals surface area (Å²) in [5.41, 5.74) is 0. The van der Waals surface area contributed by atoms with Crippen LogP contribution >= 0.6 is 11.8 Å². The SMILES string of the molecule is C=C/C=C(/CCCC(C)CC)SC=C.CC. The molecule has 0 rings (SSSR count). The molecule has 0 aliphatic heterocycles. The second-order valence-electron chi connectivity index (χ2n) is 3.56. The quantitative estimate of drug-likeness (QED) is 0.457. The van der Waals surface area contributed by atoms with Crippen molar-refractivity contribution < 1.29 is 0 Å². The van der Waals surface area contributed by atoms with Crippen LogP contribution in [0.2, 0.25) is 0 Å². The Morgan fingerprint density at radius 3 is 2.38 bits per heavy atom. The predicted octanol–water partition coefficient (Wildman–Crippen LogP) is 6.18. The van der Waals surface area contributed by atoms with E-state index in [0.29, 0.717) is 0 Å². The fourth-order valence-electron chi connectivity index (χ4n) is 1.25. The van der Waals surface area contributed by atoms with Gasteiger partial charge >= 0.3 is 0 Å². The number of hydrogen-bond acceptors (Lipinski definition) is 1. The summed E-state index contributed by atoms with van der Waals surface area (Å²) in [6.07, 6.45) is 8.98. The summed E-state index contributed by atoms with van der Waals surface area (Å²) in [7, 11) is 0. The van der Waals surface area contributed by atoms with Crippen molar-refractivity contribution in [2.45, 2.75) is 53.4 Å². The Bertz CT molecular complexity index is 192. The van der Waals surface area contributed by atoms with Gasteiger partial charge in [-0.2, -0.15) is 0 Å². The Kier molecular flexibility index (Phi) is 16.3. The Morgan fingerprint density at radius 1 is 1.31 bits per heavy atom. The largest absolute Gasteiger partial charge is 0.103 e. The highest BCUT2D eigenvalue weighted by molar-refractivity contribution is 8.05. The first-order valence-corrected chi connectivity index (χ1v) is 7.21. The van der Waals surface area contributed by atoms with Crippen LogP contribution in [0.1, 0.15) is 53.4 Å². The smallest absolute Gasteiger partial charge is 0.0109 e. The lowest BCUT2D eigenvalue weighted by atomic mass is 10.0. The summed E-state index contributed by atoms with van der Waals surface area (Å²) >= 11 is 1.71. The second-order valence-corrected chi connectivity index (χ2v) is 4.65. The van der Waals surface area contributed by atoms with E-state index >= 15 is 0 Å². The monoisotopic (exact) mass is 240 g/mol. The van der Waals surface area contributed by atoms with E-state index in [-0.39, 0.29) is 0 Å². The molecule has 1 heteroatoms. The third kappa shape index (κ3) is 11.6. The summed E-state index contributed by atoms with van der Waals surface area (Å²) < 4.78 is 0. The van der Waals surface area contributed by atoms with Crippen molar-refractivity contribution in [3.8, 4) is 0 Å². The third-order valence-electron chi connectivity index (χ3n) is 2.36. The zero-order valence-corrected chi connectivity index (χ0v) is 12.3. The van der Waals surface area contributed by atoms with Gasteiger partial charge in [-0.3, -0.25) is 0 Å². The lowest BCUT2D eigenvalue weighted by Crippen LogP contribution is -1.91. The first kappa shape index (κ1) is 17.9. The molecule has 0 nitrogen and oxygen atoms in total. The number of rotatable bonds is 8. The zero-order chi connectivity index (χ0) is 12.8. The molecule has 16 heavy (non-hydrogen) atoms. The molecule has 0 saturated heterocycles. The van der Waals surface area contributed by atoms with Crippen LogP contribution < -0.4 is 0 Å². The normalized spacial score (nSPS) is 12.4. The van der Waals surface area contributed by atoms with Crippen LogP contribution in [0.25, 0.3) is 0 Å². The van der Waals surface area contributed by atoms with Gasteiger partial charge in [0.2, 0.25) is 0 Å². The summed E-state index contributed by atoms with van der Waals surface area (Å²) in [6.45, 7) is 16.0. The number of thioether (sulfide) groups is 1. The van der Waals surface area contributed by atoms with E-state index in [9.17, 15) is 0 Å². The van der Waals surface area contributed by atoms with Crippen molar-refractivity contribution >= 4 is 11.8 Å². The van der Waals surface area contributed by atoms with E-state index in [0.717, 1.165) is 12.3 Å². The van der Waals surface area contributed by atoms with Gasteiger partial charge in [-0.15, -0.1) is 11.8 Å². The Hall–Kier alpha value is -0.430. The average molecular weight is 240 g/mol. The van der Waals surface area contributed by atoms with Gasteiger partial charge in [0.05, 0.1) is 0 Å². The Morgan fingerprint density at radius 2 is 1.94 bits per heavy atom. The van der Waals surface area contributed by atoms with Gasteiger partial charge in [-0.25, -0.2) is 0 Å². The summed E-state index contributed by atoms with van der Waals surface area (Å²) in [5, 5.41) is 1.89. The molecule has 1 unspecified atom stereocenters. The molecule has 0 amide bonds. The third-order valence-corrected chi connectivity index (χ3v) is 3.17. The van der Waals surface area contributed by atoms with E-state index < -0.39 is 0 Å². The number of allylic oxidation sites excluding steroid dienone is 3. The highest BCUT2D eigenvalue weighted by atomic mass is 32.2. The maximum Gasteiger partial charge on any atom is -0.0109 e. The van der Waals surface area contributed by atoms with Crippen LogP contribution in [0.4, 0.5) is 0 Å². The van der Waals surface area contributed by atoms with E-state index in [4.69, 9.17) is 0 Å². The summed E-state index contributed by atoms with van der Waals surface area (Å²) in [4.78, 5) is 1.37. The minimum atomic E-state index is 0.855. The van der Waals surface area contributed by atoms with Gasteiger partial charge in [-0.1, -0.05) is 65.8 Å². The molecule has 1 atom stereocenters. The van der Waals surface area contributed by atoms with Crippen LogP contribution in [0.15, 0.2) is 35.6 Å². The van der Waals surface area contributed by atoms with Gasteiger partial charge in [0, 0.05) is 0 Å². The molecule has 94 valence electrons. The second kappa shape index (κ2) is 14.6. The first-order chi connectivity index (χ1) is 7.74. The molecule has 0 fully saturated rings. The average Bonchev–Trinajstić information content (AvgIpc) is 2.32. The van der Waals surface area contributed by atoms with E-state index in [2.05, 4.69) is 33.1 Å². The standard InChI is InChI=1S/C13H22S.C2H6/c1-5-9-13(14-7-3)11-8-10-12(4)6-2;1-2/h5,7,9,12H,1,3,6,8,10-11H2,2,4H3;1-2H3/b13-9-;. The molecule has 0 heterocycles. The Labute approximate surface area is 107 Å². The molecule has 0 aromatic carbocycles. The minimum absolute atomic E-state index is 0.855. The molecule has 0 saturated carbocycles. The number of hydrogen-bond donors (Lipinski definition) is 0. The molecule has 0 aliphatic rings. The molecular weight excluding hydrogens is 212 g/mol. The van der Waals surface area contributed by atoms with Crippen LogP contribution in [0.3, 0.4) is 0 Å². The van der Waals surface area contributed by atoms with Crippen molar-refractivity contribution in [3.63, 3.8) is 0 Å². The molecular formula is C15H28S. The highest BCUT2D eigenvalue weighted by Gasteiger charge is 2.00. The molecule has 0 radical (unpaired) electrons. The lowest BCUT2D eigenvalue weighted by molar-refractivity contribution is 0.497. The van der Waals surface area contributed by atoms with Gasteiger partial charge in [0.25, 0.3) is 0 Å². The maximum absolute atomic E-state index is 3.73. The van der Waals surface area contributed by atoms with Crippen LogP contribution in [-0.2, 0) is 0 Å². The van der Waals surface area contributed by atoms with Crippen molar-refractivity contribution in [3.05, 3.63) is 35.6 Å². The topological polar surface area (TPSA) is 0 Å². The fourth-order valence-corrected chi connectivity index (χ4v) is 1.90. The van der Waals surface area contributed by atoms with E-state index in [1.54, 1.807) is 11.8 Å². The maximum atomic E-state index is 3.73. The Balaban J connectivity index is 0.